The first kappa shape index (κ1) is 28.8. The number of benzene rings is 2. The van der Waals surface area contributed by atoms with E-state index in [4.69, 9.17) is 0 Å². The molecule has 0 radical (unpaired) electrons. The predicted octanol–water partition coefficient (Wildman–Crippen LogP) is 5.68. The highest BCUT2D eigenvalue weighted by Crippen LogP contribution is 2.46. The van der Waals surface area contributed by atoms with Crippen molar-refractivity contribution < 1.29 is 22.0 Å². The lowest BCUT2D eigenvalue weighted by molar-refractivity contribution is -0.118. The molecule has 7 nitrogen and oxygen atoms in total. The molecule has 1 spiro atoms. The molecule has 0 bridgehead atoms. The van der Waals surface area contributed by atoms with Crippen LogP contribution in [0.3, 0.4) is 0 Å². The number of hydrogen-bond acceptors (Lipinski definition) is 6. The van der Waals surface area contributed by atoms with Gasteiger partial charge in [0.1, 0.15) is 11.6 Å². The number of carbonyl (C=O) groups excluding carboxylic acids is 1. The largest absolute Gasteiger partial charge is 0.301 e. The molecule has 1 amide bonds. The minimum atomic E-state index is -3.87. The standard InChI is InChI=1S/C29H34F2N4O3S2/c1-20-26(21-7-9-22(30)10-8-21)33-27(39-20)32-25(36)18-34-15-13-29(14-16-34)12-11-28(2,3)35(19-29)40(37,38)24-6-4-5-23(31)17-24/h4-10,17H,11-16,18-19H2,1-3H3,(H,32,33,36). The van der Waals surface area contributed by atoms with E-state index >= 15 is 0 Å². The zero-order valence-electron chi connectivity index (χ0n) is 22.9. The molecule has 0 aliphatic carbocycles. The van der Waals surface area contributed by atoms with Gasteiger partial charge in [-0.2, -0.15) is 4.31 Å². The highest BCUT2D eigenvalue weighted by Gasteiger charge is 2.49. The minimum Gasteiger partial charge on any atom is -0.301 e. The first-order valence-electron chi connectivity index (χ1n) is 13.4. The number of amides is 1. The summed E-state index contributed by atoms with van der Waals surface area (Å²) in [4.78, 5) is 20.4. The van der Waals surface area contributed by atoms with E-state index in [0.717, 1.165) is 41.5 Å². The number of nitrogens with one attached hydrogen (secondary N) is 1. The van der Waals surface area contributed by atoms with Crippen LogP contribution in [0.2, 0.25) is 0 Å². The number of piperidine rings is 2. The molecule has 11 heteroatoms. The lowest BCUT2D eigenvalue weighted by Gasteiger charge is -2.53. The monoisotopic (exact) mass is 588 g/mol. The summed E-state index contributed by atoms with van der Waals surface area (Å²) < 4.78 is 55.9. The van der Waals surface area contributed by atoms with Crippen molar-refractivity contribution in [3.63, 3.8) is 0 Å². The van der Waals surface area contributed by atoms with Gasteiger partial charge in [0, 0.05) is 22.5 Å². The Kier molecular flexibility index (Phi) is 7.86. The van der Waals surface area contributed by atoms with Crippen molar-refractivity contribution in [1.29, 1.82) is 0 Å². The normalized spacial score (nSPS) is 19.5. The second-order valence-electron chi connectivity index (χ2n) is 11.5. The Labute approximate surface area is 238 Å². The van der Waals surface area contributed by atoms with Gasteiger partial charge in [0.15, 0.2) is 5.13 Å². The zero-order chi connectivity index (χ0) is 28.7. The van der Waals surface area contributed by atoms with Gasteiger partial charge in [-0.3, -0.25) is 9.69 Å². The van der Waals surface area contributed by atoms with Crippen LogP contribution in [0.1, 0.15) is 44.4 Å². The molecule has 40 heavy (non-hydrogen) atoms. The van der Waals surface area contributed by atoms with E-state index in [1.54, 1.807) is 16.4 Å². The maximum Gasteiger partial charge on any atom is 0.243 e. The van der Waals surface area contributed by atoms with Gasteiger partial charge in [0.05, 0.1) is 17.1 Å². The summed E-state index contributed by atoms with van der Waals surface area (Å²) in [7, 11) is -3.87. The summed E-state index contributed by atoms with van der Waals surface area (Å²) in [5.74, 6) is -1.04. The van der Waals surface area contributed by atoms with Crippen molar-refractivity contribution in [2.75, 3.05) is 31.5 Å². The summed E-state index contributed by atoms with van der Waals surface area (Å²) in [5, 5.41) is 3.40. The third-order valence-electron chi connectivity index (χ3n) is 8.25. The predicted molar refractivity (Wildman–Crippen MR) is 153 cm³/mol. The molecule has 2 aromatic carbocycles. The molecule has 0 unspecified atom stereocenters. The second kappa shape index (κ2) is 10.9. The van der Waals surface area contributed by atoms with Crippen LogP contribution in [0.25, 0.3) is 11.3 Å². The summed E-state index contributed by atoms with van der Waals surface area (Å²) in [6.45, 7) is 7.73. The highest BCUT2D eigenvalue weighted by molar-refractivity contribution is 7.89. The Bertz CT molecular complexity index is 1500. The lowest BCUT2D eigenvalue weighted by Crippen LogP contribution is -2.59. The molecule has 2 fully saturated rings. The highest BCUT2D eigenvalue weighted by atomic mass is 32.2. The van der Waals surface area contributed by atoms with Crippen molar-refractivity contribution in [3.8, 4) is 11.3 Å². The van der Waals surface area contributed by atoms with Crippen LogP contribution in [-0.2, 0) is 14.8 Å². The Hall–Kier alpha value is -2.73. The Morgan fingerprint density at radius 2 is 1.73 bits per heavy atom. The van der Waals surface area contributed by atoms with E-state index in [2.05, 4.69) is 15.2 Å². The first-order chi connectivity index (χ1) is 18.9. The molecule has 0 saturated carbocycles. The van der Waals surface area contributed by atoms with Crippen LogP contribution in [0.15, 0.2) is 53.4 Å². The molecule has 5 rings (SSSR count). The van der Waals surface area contributed by atoms with E-state index in [9.17, 15) is 22.0 Å². The molecule has 1 aromatic heterocycles. The van der Waals surface area contributed by atoms with Crippen LogP contribution in [0.5, 0.6) is 0 Å². The van der Waals surface area contributed by atoms with Gasteiger partial charge in [0.2, 0.25) is 15.9 Å². The van der Waals surface area contributed by atoms with Gasteiger partial charge in [0.25, 0.3) is 0 Å². The number of nitrogens with zero attached hydrogens (tertiary/aromatic N) is 3. The third kappa shape index (κ3) is 5.97. The van der Waals surface area contributed by atoms with Crippen LogP contribution in [-0.4, -0.2) is 60.2 Å². The van der Waals surface area contributed by atoms with E-state index in [1.807, 2.05) is 20.8 Å². The number of rotatable bonds is 6. The van der Waals surface area contributed by atoms with Crippen LogP contribution < -0.4 is 5.32 Å². The number of carbonyl (C=O) groups is 1. The van der Waals surface area contributed by atoms with Crippen LogP contribution >= 0.6 is 11.3 Å². The van der Waals surface area contributed by atoms with Gasteiger partial charge in [-0.15, -0.1) is 11.3 Å². The molecule has 3 heterocycles. The Balaban J connectivity index is 1.20. The van der Waals surface area contributed by atoms with Crippen LogP contribution in [0.4, 0.5) is 13.9 Å². The van der Waals surface area contributed by atoms with Gasteiger partial charge in [-0.25, -0.2) is 22.2 Å². The van der Waals surface area contributed by atoms with Gasteiger partial charge >= 0.3 is 0 Å². The van der Waals surface area contributed by atoms with Gasteiger partial charge < -0.3 is 5.32 Å². The number of aryl methyl sites for hydroxylation is 1. The molecule has 1 N–H and O–H groups in total. The quantitative estimate of drug-likeness (QED) is 0.401. The summed E-state index contributed by atoms with van der Waals surface area (Å²) >= 11 is 1.38. The third-order valence-corrected chi connectivity index (χ3v) is 11.2. The van der Waals surface area contributed by atoms with E-state index < -0.39 is 21.4 Å². The number of thiazole rings is 1. The summed E-state index contributed by atoms with van der Waals surface area (Å²) in [5.41, 5.74) is 0.755. The summed E-state index contributed by atoms with van der Waals surface area (Å²) in [6.07, 6.45) is 3.16. The molecule has 2 saturated heterocycles. The van der Waals surface area contributed by atoms with Gasteiger partial charge in [-0.1, -0.05) is 6.07 Å². The number of likely N-dealkylation sites (tertiary alicyclic amines) is 1. The van der Waals surface area contributed by atoms with Crippen molar-refractivity contribution >= 4 is 32.4 Å². The number of aromatic nitrogens is 1. The molecule has 2 aliphatic rings. The second-order valence-corrected chi connectivity index (χ2v) is 14.6. The van der Waals surface area contributed by atoms with Crippen molar-refractivity contribution in [3.05, 3.63) is 65.0 Å². The first-order valence-corrected chi connectivity index (χ1v) is 15.7. The van der Waals surface area contributed by atoms with Crippen molar-refractivity contribution in [1.82, 2.24) is 14.2 Å². The molecule has 0 atom stereocenters. The fraction of sp³-hybridized carbons (Fsp3) is 0.448. The molecule has 2 aliphatic heterocycles. The number of halogens is 2. The van der Waals surface area contributed by atoms with Crippen molar-refractivity contribution in [2.24, 2.45) is 5.41 Å². The van der Waals surface area contributed by atoms with E-state index in [1.165, 1.54) is 41.7 Å². The minimum absolute atomic E-state index is 0.0215. The fourth-order valence-electron chi connectivity index (χ4n) is 5.74. The molecular weight excluding hydrogens is 554 g/mol. The van der Waals surface area contributed by atoms with Crippen LogP contribution in [0, 0.1) is 24.0 Å². The average molecular weight is 589 g/mol. The fourth-order valence-corrected chi connectivity index (χ4v) is 8.54. The molecule has 3 aromatic rings. The smallest absolute Gasteiger partial charge is 0.243 e. The number of anilines is 1. The maximum atomic E-state index is 13.9. The molecular formula is C29H34F2N4O3S2. The van der Waals surface area contributed by atoms with Gasteiger partial charge in [-0.05, 0) is 107 Å². The number of hydrogen-bond donors (Lipinski definition) is 1. The topological polar surface area (TPSA) is 82.6 Å². The summed E-state index contributed by atoms with van der Waals surface area (Å²) in [6, 6.07) is 11.3. The number of sulfonamides is 1. The van der Waals surface area contributed by atoms with E-state index in [-0.39, 0.29) is 28.6 Å². The zero-order valence-corrected chi connectivity index (χ0v) is 24.5. The average Bonchev–Trinajstić information content (AvgIpc) is 3.27. The Morgan fingerprint density at radius 3 is 2.40 bits per heavy atom. The SMILES string of the molecule is Cc1sc(NC(=O)CN2CCC3(CC2)CCC(C)(C)N(S(=O)(=O)c2cccc(F)c2)C3)nc1-c1ccc(F)cc1. The Morgan fingerprint density at radius 1 is 1.02 bits per heavy atom. The molecule has 214 valence electrons. The maximum absolute atomic E-state index is 13.9. The van der Waals surface area contributed by atoms with Crippen molar-refractivity contribution in [2.45, 2.75) is 56.9 Å². The van der Waals surface area contributed by atoms with E-state index in [0.29, 0.717) is 31.2 Å². The lowest BCUT2D eigenvalue weighted by atomic mass is 9.69.